The second kappa shape index (κ2) is 3.59. The third-order valence-corrected chi connectivity index (χ3v) is 2.73. The molecule has 1 unspecified atom stereocenters. The van der Waals surface area contributed by atoms with Crippen LogP contribution in [-0.2, 0) is 0 Å². The molecule has 0 nitrogen and oxygen atoms in total. The predicted octanol–water partition coefficient (Wildman–Crippen LogP) is 3.82. The summed E-state index contributed by atoms with van der Waals surface area (Å²) in [6.07, 6.45) is 6.36. The molecule has 1 aliphatic rings. The maximum Gasteiger partial charge on any atom is 0.0226 e. The topological polar surface area (TPSA) is 0 Å². The zero-order valence-corrected chi connectivity index (χ0v) is 8.24. The van der Waals surface area contributed by atoms with E-state index in [1.54, 1.807) is 0 Å². The number of rotatable bonds is 1. The molecule has 0 spiro atoms. The summed E-state index contributed by atoms with van der Waals surface area (Å²) in [5, 5.41) is 0.983. The molecule has 0 bridgehead atoms. The molecule has 1 rings (SSSR count). The molecule has 2 heteroatoms. The molecule has 0 aromatic heterocycles. The molecule has 0 aromatic carbocycles. The summed E-state index contributed by atoms with van der Waals surface area (Å²) >= 11 is 9.35. The first-order chi connectivity index (χ1) is 4.74. The van der Waals surface area contributed by atoms with Crippen LogP contribution >= 0.6 is 27.5 Å². The Balaban J connectivity index is 2.68. The van der Waals surface area contributed by atoms with Gasteiger partial charge in [-0.15, -0.1) is 0 Å². The maximum atomic E-state index is 5.97. The van der Waals surface area contributed by atoms with Crippen LogP contribution in [0, 0.1) is 5.92 Å². The summed E-state index contributed by atoms with van der Waals surface area (Å²) < 4.78 is 1.11. The monoisotopic (exact) mass is 220 g/mol. The summed E-state index contributed by atoms with van der Waals surface area (Å²) in [6, 6.07) is 0. The van der Waals surface area contributed by atoms with Crippen LogP contribution in [0.1, 0.15) is 19.8 Å². The van der Waals surface area contributed by atoms with E-state index < -0.39 is 0 Å². The van der Waals surface area contributed by atoms with Crippen molar-refractivity contribution in [1.82, 2.24) is 0 Å². The Kier molecular flexibility index (Phi) is 2.99. The van der Waals surface area contributed by atoms with Gasteiger partial charge in [0.2, 0.25) is 0 Å². The van der Waals surface area contributed by atoms with Gasteiger partial charge in [0.15, 0.2) is 0 Å². The maximum absolute atomic E-state index is 5.97. The molecule has 0 heterocycles. The molecular formula is C8H10BrCl. The molecule has 0 radical (unpaired) electrons. The Bertz CT molecular complexity index is 182. The van der Waals surface area contributed by atoms with E-state index in [0.29, 0.717) is 5.92 Å². The molecule has 0 saturated carbocycles. The molecule has 0 saturated heterocycles. The van der Waals surface area contributed by atoms with Gasteiger partial charge in [-0.05, 0) is 24.8 Å². The van der Waals surface area contributed by atoms with E-state index in [9.17, 15) is 0 Å². The molecule has 0 amide bonds. The highest BCUT2D eigenvalue weighted by atomic mass is 79.9. The quantitative estimate of drug-likeness (QED) is 0.631. The van der Waals surface area contributed by atoms with Crippen LogP contribution < -0.4 is 0 Å². The summed E-state index contributed by atoms with van der Waals surface area (Å²) in [5.41, 5.74) is 0. The van der Waals surface area contributed by atoms with Crippen molar-refractivity contribution in [2.75, 3.05) is 0 Å². The normalized spacial score (nSPS) is 25.7. The van der Waals surface area contributed by atoms with Gasteiger partial charge in [-0.2, -0.15) is 0 Å². The van der Waals surface area contributed by atoms with Crippen LogP contribution in [0.15, 0.2) is 21.7 Å². The minimum absolute atomic E-state index is 0.558. The zero-order valence-electron chi connectivity index (χ0n) is 5.90. The summed E-state index contributed by atoms with van der Waals surface area (Å²) in [7, 11) is 0. The third-order valence-electron chi connectivity index (χ3n) is 1.76. The lowest BCUT2D eigenvalue weighted by Crippen LogP contribution is -2.00. The van der Waals surface area contributed by atoms with E-state index in [1.165, 1.54) is 0 Å². The van der Waals surface area contributed by atoms with Crippen molar-refractivity contribution < 1.29 is 0 Å². The third kappa shape index (κ3) is 1.86. The molecule has 0 fully saturated rings. The lowest BCUT2D eigenvalue weighted by Gasteiger charge is -2.15. The number of hydrogen-bond acceptors (Lipinski definition) is 0. The van der Waals surface area contributed by atoms with Crippen LogP contribution in [-0.4, -0.2) is 0 Å². The van der Waals surface area contributed by atoms with Crippen LogP contribution in [0.25, 0.3) is 0 Å². The van der Waals surface area contributed by atoms with Crippen molar-refractivity contribution in [3.05, 3.63) is 21.7 Å². The molecule has 0 N–H and O–H groups in total. The minimum Gasteiger partial charge on any atom is -0.0888 e. The van der Waals surface area contributed by atoms with Gasteiger partial charge in [-0.25, -0.2) is 0 Å². The Morgan fingerprint density at radius 1 is 1.80 bits per heavy atom. The first kappa shape index (κ1) is 8.35. The first-order valence-electron chi connectivity index (χ1n) is 3.46. The fourth-order valence-electron chi connectivity index (χ4n) is 1.04. The van der Waals surface area contributed by atoms with Crippen LogP contribution in [0.4, 0.5) is 0 Å². The van der Waals surface area contributed by atoms with E-state index in [4.69, 9.17) is 11.6 Å². The van der Waals surface area contributed by atoms with E-state index in [2.05, 4.69) is 28.9 Å². The number of halogens is 2. The van der Waals surface area contributed by atoms with Crippen LogP contribution in [0.2, 0.25) is 0 Å². The van der Waals surface area contributed by atoms with E-state index >= 15 is 0 Å². The second-order valence-electron chi connectivity index (χ2n) is 2.46. The van der Waals surface area contributed by atoms with Gasteiger partial charge in [0.05, 0.1) is 0 Å². The molecule has 1 aliphatic carbocycles. The van der Waals surface area contributed by atoms with Crippen molar-refractivity contribution in [3.63, 3.8) is 0 Å². The molecule has 10 heavy (non-hydrogen) atoms. The molecular weight excluding hydrogens is 211 g/mol. The van der Waals surface area contributed by atoms with Crippen molar-refractivity contribution >= 4 is 27.5 Å². The summed E-state index contributed by atoms with van der Waals surface area (Å²) in [5.74, 6) is 0.558. The van der Waals surface area contributed by atoms with Gasteiger partial charge in [-0.3, -0.25) is 0 Å². The average molecular weight is 222 g/mol. The van der Waals surface area contributed by atoms with E-state index in [-0.39, 0.29) is 0 Å². The van der Waals surface area contributed by atoms with Crippen LogP contribution in [0.3, 0.4) is 0 Å². The Morgan fingerprint density at radius 2 is 2.50 bits per heavy atom. The Morgan fingerprint density at radius 3 is 3.00 bits per heavy atom. The van der Waals surface area contributed by atoms with Crippen molar-refractivity contribution in [2.24, 2.45) is 5.92 Å². The molecule has 1 atom stereocenters. The van der Waals surface area contributed by atoms with Gasteiger partial charge in [0.25, 0.3) is 0 Å². The number of allylic oxidation sites excluding steroid dienone is 4. The fraction of sp³-hybridized carbons (Fsp3) is 0.500. The average Bonchev–Trinajstić information content (AvgIpc) is 1.88. The first-order valence-corrected chi connectivity index (χ1v) is 4.64. The Hall–Kier alpha value is 0.250. The van der Waals surface area contributed by atoms with E-state index in [0.717, 1.165) is 22.4 Å². The minimum atomic E-state index is 0.558. The molecule has 0 aromatic rings. The SMILES string of the molecule is CCC1CC=C(Br)C=C1Cl. The highest BCUT2D eigenvalue weighted by molar-refractivity contribution is 9.11. The Labute approximate surface area is 75.1 Å². The van der Waals surface area contributed by atoms with Crippen LogP contribution in [0.5, 0.6) is 0 Å². The molecule has 56 valence electrons. The fourth-order valence-corrected chi connectivity index (χ4v) is 1.96. The lowest BCUT2D eigenvalue weighted by molar-refractivity contribution is 0.620. The zero-order chi connectivity index (χ0) is 7.56. The second-order valence-corrected chi connectivity index (χ2v) is 3.81. The highest BCUT2D eigenvalue weighted by Gasteiger charge is 2.12. The summed E-state index contributed by atoms with van der Waals surface area (Å²) in [4.78, 5) is 0. The van der Waals surface area contributed by atoms with Crippen molar-refractivity contribution in [3.8, 4) is 0 Å². The summed E-state index contributed by atoms with van der Waals surface area (Å²) in [6.45, 7) is 2.16. The predicted molar refractivity (Wildman–Crippen MR) is 49.3 cm³/mol. The molecule has 0 aliphatic heterocycles. The van der Waals surface area contributed by atoms with Crippen molar-refractivity contribution in [1.29, 1.82) is 0 Å². The van der Waals surface area contributed by atoms with Crippen molar-refractivity contribution in [2.45, 2.75) is 19.8 Å². The van der Waals surface area contributed by atoms with Gasteiger partial charge in [0.1, 0.15) is 0 Å². The highest BCUT2D eigenvalue weighted by Crippen LogP contribution is 2.30. The van der Waals surface area contributed by atoms with Gasteiger partial charge in [0, 0.05) is 9.51 Å². The smallest absolute Gasteiger partial charge is 0.0226 e. The lowest BCUT2D eigenvalue weighted by atomic mass is 9.98. The standard InChI is InChI=1S/C8H10BrCl/c1-2-6-3-4-7(9)5-8(6)10/h4-6H,2-3H2,1H3. The van der Waals surface area contributed by atoms with Gasteiger partial charge < -0.3 is 0 Å². The van der Waals surface area contributed by atoms with E-state index in [1.807, 2.05) is 6.08 Å². The number of hydrogen-bond donors (Lipinski definition) is 0. The van der Waals surface area contributed by atoms with Gasteiger partial charge >= 0.3 is 0 Å². The van der Waals surface area contributed by atoms with Gasteiger partial charge in [-0.1, -0.05) is 40.5 Å². The largest absolute Gasteiger partial charge is 0.0888 e.